The Morgan fingerprint density at radius 3 is 2.46 bits per heavy atom. The van der Waals surface area contributed by atoms with Crippen molar-refractivity contribution in [3.63, 3.8) is 0 Å². The molecule has 0 saturated carbocycles. The summed E-state index contributed by atoms with van der Waals surface area (Å²) in [5.74, 6) is -0.327. The van der Waals surface area contributed by atoms with Gasteiger partial charge in [-0.3, -0.25) is 4.90 Å². The third-order valence-corrected chi connectivity index (χ3v) is 7.81. The molecule has 24 heavy (non-hydrogen) atoms. The molecule has 2 aromatic rings. The van der Waals surface area contributed by atoms with Crippen molar-refractivity contribution >= 4 is 33.0 Å². The lowest BCUT2D eigenvalue weighted by Gasteiger charge is -2.33. The van der Waals surface area contributed by atoms with E-state index in [1.807, 2.05) is 17.9 Å². The standard InChI is InChI=1S/C16H18ClFN2O2S2/c1-12-5-6-16(23-12)24(21,22)20-9-7-19(8-10-20)11-13-14(17)3-2-4-15(13)18/h2-6H,7-11H2,1H3. The average Bonchev–Trinajstić information content (AvgIpc) is 2.99. The Balaban J connectivity index is 1.66. The molecule has 130 valence electrons. The molecule has 0 bridgehead atoms. The van der Waals surface area contributed by atoms with Crippen molar-refractivity contribution in [3.05, 3.63) is 51.6 Å². The maximum atomic E-state index is 13.9. The van der Waals surface area contributed by atoms with E-state index in [0.29, 0.717) is 47.5 Å². The summed E-state index contributed by atoms with van der Waals surface area (Å²) in [7, 11) is -3.43. The van der Waals surface area contributed by atoms with Crippen molar-refractivity contribution in [1.82, 2.24) is 9.21 Å². The number of sulfonamides is 1. The molecule has 3 rings (SSSR count). The average molecular weight is 389 g/mol. The third-order valence-electron chi connectivity index (χ3n) is 4.08. The molecule has 8 heteroatoms. The van der Waals surface area contributed by atoms with Gasteiger partial charge in [-0.25, -0.2) is 12.8 Å². The Kier molecular flexibility index (Phi) is 5.27. The maximum Gasteiger partial charge on any atom is 0.252 e. The van der Waals surface area contributed by atoms with Gasteiger partial charge in [0.25, 0.3) is 10.0 Å². The molecule has 1 aliphatic heterocycles. The molecule has 4 nitrogen and oxygen atoms in total. The molecular formula is C16H18ClFN2O2S2. The lowest BCUT2D eigenvalue weighted by Crippen LogP contribution is -2.48. The first-order valence-corrected chi connectivity index (χ1v) is 10.2. The van der Waals surface area contributed by atoms with Gasteiger partial charge in [0, 0.05) is 48.2 Å². The normalized spacial score (nSPS) is 17.3. The summed E-state index contributed by atoms with van der Waals surface area (Å²) in [5, 5.41) is 0.402. The molecule has 0 unspecified atom stereocenters. The summed E-state index contributed by atoms with van der Waals surface area (Å²) in [6, 6.07) is 8.10. The molecule has 1 aromatic carbocycles. The van der Waals surface area contributed by atoms with E-state index < -0.39 is 10.0 Å². The predicted octanol–water partition coefficient (Wildman–Crippen LogP) is 3.36. The molecule has 2 heterocycles. The minimum Gasteiger partial charge on any atom is -0.296 e. The number of rotatable bonds is 4. The molecule has 1 fully saturated rings. The first kappa shape index (κ1) is 17.8. The van der Waals surface area contributed by atoms with E-state index in [2.05, 4.69) is 0 Å². The van der Waals surface area contributed by atoms with E-state index in [9.17, 15) is 12.8 Å². The second-order valence-electron chi connectivity index (χ2n) is 5.75. The quantitative estimate of drug-likeness (QED) is 0.806. The van der Waals surface area contributed by atoms with Gasteiger partial charge in [-0.2, -0.15) is 4.31 Å². The maximum absolute atomic E-state index is 13.9. The Labute approximate surface area is 150 Å². The number of nitrogens with zero attached hydrogens (tertiary/aromatic N) is 2. The monoisotopic (exact) mass is 388 g/mol. The van der Waals surface area contributed by atoms with Crippen molar-refractivity contribution in [2.75, 3.05) is 26.2 Å². The molecule has 0 amide bonds. The molecule has 0 N–H and O–H groups in total. The van der Waals surface area contributed by atoms with Crippen molar-refractivity contribution < 1.29 is 12.8 Å². The van der Waals surface area contributed by atoms with Crippen LogP contribution < -0.4 is 0 Å². The first-order chi connectivity index (χ1) is 11.4. The topological polar surface area (TPSA) is 40.6 Å². The van der Waals surface area contributed by atoms with Crippen LogP contribution in [0.5, 0.6) is 0 Å². The molecule has 0 aliphatic carbocycles. The number of benzene rings is 1. The smallest absolute Gasteiger partial charge is 0.252 e. The molecule has 0 atom stereocenters. The van der Waals surface area contributed by atoms with Crippen LogP contribution in [0.3, 0.4) is 0 Å². The summed E-state index contributed by atoms with van der Waals surface area (Å²) in [5.41, 5.74) is 0.462. The van der Waals surface area contributed by atoms with Crippen LogP contribution in [-0.2, 0) is 16.6 Å². The number of hydrogen-bond donors (Lipinski definition) is 0. The van der Waals surface area contributed by atoms with E-state index in [1.54, 1.807) is 18.2 Å². The molecule has 0 spiro atoms. The number of thiophene rings is 1. The zero-order valence-electron chi connectivity index (χ0n) is 13.2. The van der Waals surface area contributed by atoms with Gasteiger partial charge in [-0.15, -0.1) is 11.3 Å². The van der Waals surface area contributed by atoms with E-state index in [-0.39, 0.29) is 5.82 Å². The highest BCUT2D eigenvalue weighted by molar-refractivity contribution is 7.91. The Hall–Kier alpha value is -0.990. The second kappa shape index (κ2) is 7.09. The SMILES string of the molecule is Cc1ccc(S(=O)(=O)N2CCN(Cc3c(F)cccc3Cl)CC2)s1. The van der Waals surface area contributed by atoms with Crippen molar-refractivity contribution in [3.8, 4) is 0 Å². The Bertz CT molecular complexity index is 810. The van der Waals surface area contributed by atoms with Gasteiger partial charge in [0.15, 0.2) is 0 Å². The van der Waals surface area contributed by atoms with E-state index >= 15 is 0 Å². The lowest BCUT2D eigenvalue weighted by atomic mass is 10.2. The Morgan fingerprint density at radius 1 is 1.17 bits per heavy atom. The fourth-order valence-corrected chi connectivity index (χ4v) is 5.80. The molecule has 1 aromatic heterocycles. The highest BCUT2D eigenvalue weighted by atomic mass is 35.5. The van der Waals surface area contributed by atoms with Crippen LogP contribution in [0, 0.1) is 12.7 Å². The third kappa shape index (κ3) is 3.65. The van der Waals surface area contributed by atoms with Crippen LogP contribution in [0.2, 0.25) is 5.02 Å². The van der Waals surface area contributed by atoms with Gasteiger partial charge in [0.1, 0.15) is 10.0 Å². The number of hydrogen-bond acceptors (Lipinski definition) is 4. The van der Waals surface area contributed by atoms with Gasteiger partial charge in [0.2, 0.25) is 0 Å². The van der Waals surface area contributed by atoms with Crippen molar-refractivity contribution in [1.29, 1.82) is 0 Å². The number of halogens is 2. The van der Waals surface area contributed by atoms with Gasteiger partial charge in [0.05, 0.1) is 0 Å². The van der Waals surface area contributed by atoms with E-state index in [0.717, 1.165) is 4.88 Å². The van der Waals surface area contributed by atoms with E-state index in [1.165, 1.54) is 21.7 Å². The number of aryl methyl sites for hydroxylation is 1. The fourth-order valence-electron chi connectivity index (χ4n) is 2.71. The highest BCUT2D eigenvalue weighted by Gasteiger charge is 2.29. The zero-order chi connectivity index (χ0) is 17.3. The molecular weight excluding hydrogens is 371 g/mol. The zero-order valence-corrected chi connectivity index (χ0v) is 15.6. The van der Waals surface area contributed by atoms with Crippen LogP contribution in [-0.4, -0.2) is 43.8 Å². The van der Waals surface area contributed by atoms with Crippen molar-refractivity contribution in [2.24, 2.45) is 0 Å². The lowest BCUT2D eigenvalue weighted by molar-refractivity contribution is 0.180. The minimum atomic E-state index is -3.43. The van der Waals surface area contributed by atoms with Crippen LogP contribution >= 0.6 is 22.9 Å². The fraction of sp³-hybridized carbons (Fsp3) is 0.375. The number of piperazine rings is 1. The largest absolute Gasteiger partial charge is 0.296 e. The molecule has 0 radical (unpaired) electrons. The van der Waals surface area contributed by atoms with Crippen LogP contribution in [0.15, 0.2) is 34.5 Å². The summed E-state index contributed by atoms with van der Waals surface area (Å²) < 4.78 is 41.0. The summed E-state index contributed by atoms with van der Waals surface area (Å²) in [4.78, 5) is 3.00. The van der Waals surface area contributed by atoms with Gasteiger partial charge >= 0.3 is 0 Å². The summed E-state index contributed by atoms with van der Waals surface area (Å²) >= 11 is 7.35. The van der Waals surface area contributed by atoms with Gasteiger partial charge < -0.3 is 0 Å². The summed E-state index contributed by atoms with van der Waals surface area (Å²) in [6.45, 7) is 4.16. The molecule has 1 saturated heterocycles. The van der Waals surface area contributed by atoms with Gasteiger partial charge in [-0.1, -0.05) is 17.7 Å². The highest BCUT2D eigenvalue weighted by Crippen LogP contribution is 2.26. The second-order valence-corrected chi connectivity index (χ2v) is 9.61. The first-order valence-electron chi connectivity index (χ1n) is 7.60. The van der Waals surface area contributed by atoms with Crippen LogP contribution in [0.1, 0.15) is 10.4 Å². The van der Waals surface area contributed by atoms with Crippen LogP contribution in [0.4, 0.5) is 4.39 Å². The van der Waals surface area contributed by atoms with Crippen molar-refractivity contribution in [2.45, 2.75) is 17.7 Å². The summed E-state index contributed by atoms with van der Waals surface area (Å²) in [6.07, 6.45) is 0. The van der Waals surface area contributed by atoms with Crippen LogP contribution in [0.25, 0.3) is 0 Å². The minimum absolute atomic E-state index is 0.327. The predicted molar refractivity (Wildman–Crippen MR) is 94.5 cm³/mol. The van der Waals surface area contributed by atoms with Gasteiger partial charge in [-0.05, 0) is 31.2 Å². The van der Waals surface area contributed by atoms with E-state index in [4.69, 9.17) is 11.6 Å². The Morgan fingerprint density at radius 2 is 1.88 bits per heavy atom. The molecule has 1 aliphatic rings.